The van der Waals surface area contributed by atoms with Crippen LogP contribution in [0.4, 0.5) is 9.59 Å². The molecule has 2 aliphatic rings. The van der Waals surface area contributed by atoms with Crippen LogP contribution in [-0.4, -0.2) is 49.6 Å². The fraction of sp³-hybridized carbons (Fsp3) is 0.692. The normalized spacial score (nSPS) is 20.3. The van der Waals surface area contributed by atoms with Crippen LogP contribution in [0.25, 0.3) is 0 Å². The van der Waals surface area contributed by atoms with Crippen LogP contribution in [-0.2, 0) is 20.8 Å². The van der Waals surface area contributed by atoms with Gasteiger partial charge in [0.25, 0.3) is 0 Å². The smallest absolute Gasteiger partial charge is 0.434 e. The van der Waals surface area contributed by atoms with Crippen LogP contribution in [0, 0.1) is 11.8 Å². The molecule has 1 aliphatic heterocycles. The van der Waals surface area contributed by atoms with Gasteiger partial charge in [-0.25, -0.2) is 9.59 Å². The molecule has 7 heteroatoms. The molecule has 184 valence electrons. The van der Waals surface area contributed by atoms with Gasteiger partial charge in [-0.1, -0.05) is 40.2 Å². The van der Waals surface area contributed by atoms with Gasteiger partial charge in [-0.15, -0.1) is 0 Å². The Balaban J connectivity index is 1.82. The molecule has 0 amide bonds. The first-order valence-electron chi connectivity index (χ1n) is 12.2. The summed E-state index contributed by atoms with van der Waals surface area (Å²) in [5, 5.41) is 0. The van der Waals surface area contributed by atoms with Crippen molar-refractivity contribution in [3.63, 3.8) is 0 Å². The highest BCUT2D eigenvalue weighted by molar-refractivity contribution is 5.64. The Morgan fingerprint density at radius 2 is 1.64 bits per heavy atom. The van der Waals surface area contributed by atoms with Gasteiger partial charge in [0, 0.05) is 19.0 Å². The molecule has 3 rings (SSSR count). The van der Waals surface area contributed by atoms with Gasteiger partial charge in [-0.05, 0) is 67.8 Å². The number of nitrogens with zero attached hydrogens (tertiary/aromatic N) is 1. The van der Waals surface area contributed by atoms with E-state index in [2.05, 4.69) is 11.9 Å². The van der Waals surface area contributed by atoms with Crippen LogP contribution in [0.1, 0.15) is 76.8 Å². The van der Waals surface area contributed by atoms with Crippen LogP contribution < -0.4 is 4.74 Å². The highest BCUT2D eigenvalue weighted by Gasteiger charge is 2.47. The Bertz CT molecular complexity index is 815. The van der Waals surface area contributed by atoms with Crippen LogP contribution in [0.5, 0.6) is 5.75 Å². The first-order chi connectivity index (χ1) is 15.7. The van der Waals surface area contributed by atoms with E-state index in [-0.39, 0.29) is 17.8 Å². The first-order valence-corrected chi connectivity index (χ1v) is 12.2. The lowest BCUT2D eigenvalue weighted by Gasteiger charge is -2.46. The van der Waals surface area contributed by atoms with Gasteiger partial charge >= 0.3 is 12.3 Å². The average Bonchev–Trinajstić information content (AvgIpc) is 2.76. The molecule has 0 aromatic heterocycles. The zero-order valence-electron chi connectivity index (χ0n) is 20.7. The molecule has 1 atom stereocenters. The number of likely N-dealkylation sites (N-methyl/N-ethyl adjacent to an activating group) is 1. The van der Waals surface area contributed by atoms with Crippen molar-refractivity contribution >= 4 is 12.3 Å². The van der Waals surface area contributed by atoms with Crippen LogP contribution in [0.15, 0.2) is 18.2 Å². The Kier molecular flexibility index (Phi) is 8.63. The predicted octanol–water partition coefficient (Wildman–Crippen LogP) is 5.90. The van der Waals surface area contributed by atoms with E-state index in [1.807, 2.05) is 39.8 Å². The topological polar surface area (TPSA) is 74.3 Å². The minimum absolute atomic E-state index is 0.0279. The van der Waals surface area contributed by atoms with E-state index in [0.717, 1.165) is 56.3 Å². The summed E-state index contributed by atoms with van der Waals surface area (Å²) in [6, 6.07) is 5.72. The molecule has 33 heavy (non-hydrogen) atoms. The molecular formula is C26H39NO6. The molecule has 1 unspecified atom stereocenters. The Morgan fingerprint density at radius 3 is 2.27 bits per heavy atom. The van der Waals surface area contributed by atoms with Crippen LogP contribution in [0.3, 0.4) is 0 Å². The van der Waals surface area contributed by atoms with Gasteiger partial charge in [-0.2, -0.15) is 0 Å². The summed E-state index contributed by atoms with van der Waals surface area (Å²) in [6.07, 6.45) is 3.57. The summed E-state index contributed by atoms with van der Waals surface area (Å²) in [4.78, 5) is 26.9. The number of hydrogen-bond acceptors (Lipinski definition) is 7. The Hall–Kier alpha value is -2.28. The number of benzene rings is 1. The summed E-state index contributed by atoms with van der Waals surface area (Å²) in [5.41, 5.74) is 1.63. The minimum Gasteiger partial charge on any atom is -0.434 e. The van der Waals surface area contributed by atoms with Crippen molar-refractivity contribution in [2.24, 2.45) is 11.8 Å². The molecule has 0 saturated heterocycles. The van der Waals surface area contributed by atoms with E-state index in [0.29, 0.717) is 19.0 Å². The molecule has 7 nitrogen and oxygen atoms in total. The molecule has 1 aliphatic carbocycles. The van der Waals surface area contributed by atoms with Crippen molar-refractivity contribution in [2.75, 3.05) is 26.8 Å². The second-order valence-electron chi connectivity index (χ2n) is 10.3. The first kappa shape index (κ1) is 25.3. The minimum atomic E-state index is -0.690. The molecular weight excluding hydrogens is 422 g/mol. The second-order valence-corrected chi connectivity index (χ2v) is 10.3. The summed E-state index contributed by atoms with van der Waals surface area (Å²) >= 11 is 0. The van der Waals surface area contributed by atoms with Crippen molar-refractivity contribution < 1.29 is 28.5 Å². The third-order valence-corrected chi connectivity index (χ3v) is 6.32. The fourth-order valence-corrected chi connectivity index (χ4v) is 4.80. The predicted molar refractivity (Wildman–Crippen MR) is 125 cm³/mol. The number of rotatable bonds is 7. The molecule has 1 heterocycles. The van der Waals surface area contributed by atoms with E-state index < -0.39 is 17.9 Å². The molecule has 0 N–H and O–H groups in total. The van der Waals surface area contributed by atoms with Gasteiger partial charge in [-0.3, -0.25) is 0 Å². The van der Waals surface area contributed by atoms with E-state index in [1.165, 1.54) is 0 Å². The quantitative estimate of drug-likeness (QED) is 0.370. The Labute approximate surface area is 197 Å². The number of hydrogen-bond donors (Lipinski definition) is 0. The highest BCUT2D eigenvalue weighted by atomic mass is 16.7. The molecule has 0 bridgehead atoms. The summed E-state index contributed by atoms with van der Waals surface area (Å²) < 4.78 is 22.1. The maximum atomic E-state index is 12.6. The van der Waals surface area contributed by atoms with Crippen LogP contribution in [0.2, 0.25) is 0 Å². The molecule has 0 radical (unpaired) electrons. The number of carbonyl (C=O) groups is 2. The van der Waals surface area contributed by atoms with E-state index in [4.69, 9.17) is 18.9 Å². The van der Waals surface area contributed by atoms with Crippen molar-refractivity contribution in [1.82, 2.24) is 4.90 Å². The largest absolute Gasteiger partial charge is 0.513 e. The maximum absolute atomic E-state index is 12.6. The van der Waals surface area contributed by atoms with Gasteiger partial charge in [0.15, 0.2) is 0 Å². The summed E-state index contributed by atoms with van der Waals surface area (Å²) in [5.74, 6) is 0.994. The standard InChI is InChI=1S/C26H39NO6/c1-18(2)16-30-24(28)32-21-9-10-22-20(13-21)14-27(5)15-23(22)26(11-7-6-8-12-26)33-25(29)31-17-19(3)4/h9-10,13,18-19,23H,6-8,11-12,14-17H2,1-5H3. The zero-order chi connectivity index (χ0) is 24.0. The number of ether oxygens (including phenoxy) is 4. The monoisotopic (exact) mass is 461 g/mol. The third kappa shape index (κ3) is 6.85. The number of carbonyl (C=O) groups excluding carboxylic acids is 2. The molecule has 1 aromatic rings. The number of fused-ring (bicyclic) bond motifs is 1. The molecule has 1 saturated carbocycles. The van der Waals surface area contributed by atoms with Crippen molar-refractivity contribution in [2.45, 2.75) is 77.9 Å². The summed E-state index contributed by atoms with van der Waals surface area (Å²) in [7, 11) is 2.06. The van der Waals surface area contributed by atoms with E-state index >= 15 is 0 Å². The second kappa shape index (κ2) is 11.2. The fourth-order valence-electron chi connectivity index (χ4n) is 4.80. The lowest BCUT2D eigenvalue weighted by Crippen LogP contribution is -2.49. The zero-order valence-corrected chi connectivity index (χ0v) is 20.7. The van der Waals surface area contributed by atoms with Gasteiger partial charge in [0.05, 0.1) is 13.2 Å². The lowest BCUT2D eigenvalue weighted by atomic mass is 9.70. The highest BCUT2D eigenvalue weighted by Crippen LogP contribution is 2.46. The van der Waals surface area contributed by atoms with Gasteiger partial charge in [0.2, 0.25) is 0 Å². The maximum Gasteiger partial charge on any atom is 0.513 e. The van der Waals surface area contributed by atoms with Gasteiger partial charge in [0.1, 0.15) is 11.4 Å². The molecule has 0 spiro atoms. The van der Waals surface area contributed by atoms with Crippen molar-refractivity contribution in [1.29, 1.82) is 0 Å². The SMILES string of the molecule is CC(C)COC(=O)Oc1ccc2c(c1)CN(C)CC2C1(OC(=O)OCC(C)C)CCCCC1. The molecule has 1 fully saturated rings. The lowest BCUT2D eigenvalue weighted by molar-refractivity contribution is -0.0790. The average molecular weight is 462 g/mol. The van der Waals surface area contributed by atoms with Crippen molar-refractivity contribution in [3.8, 4) is 5.75 Å². The van der Waals surface area contributed by atoms with E-state index in [1.54, 1.807) is 6.07 Å². The van der Waals surface area contributed by atoms with E-state index in [9.17, 15) is 9.59 Å². The van der Waals surface area contributed by atoms with Gasteiger partial charge < -0.3 is 23.8 Å². The third-order valence-electron chi connectivity index (χ3n) is 6.32. The van der Waals surface area contributed by atoms with Crippen LogP contribution >= 0.6 is 0 Å². The summed E-state index contributed by atoms with van der Waals surface area (Å²) in [6.45, 7) is 10.2. The Morgan fingerprint density at radius 1 is 1.00 bits per heavy atom. The van der Waals surface area contributed by atoms with Crippen molar-refractivity contribution in [3.05, 3.63) is 29.3 Å². The molecule has 1 aromatic carbocycles.